The molecule has 0 fully saturated rings. The van der Waals surface area contributed by atoms with Gasteiger partial charge < -0.3 is 10.2 Å². The van der Waals surface area contributed by atoms with Crippen molar-refractivity contribution in [3.05, 3.63) is 0 Å². The topological polar surface area (TPSA) is 121 Å². The summed E-state index contributed by atoms with van der Waals surface area (Å²) in [7, 11) is -3.33. The van der Waals surface area contributed by atoms with Crippen LogP contribution in [0.2, 0.25) is 0 Å². The minimum Gasteiger partial charge on any atom is -0.481 e. The molecule has 0 aromatic heterocycles. The predicted octanol–water partition coefficient (Wildman–Crippen LogP) is 2.23. The van der Waals surface area contributed by atoms with E-state index >= 15 is 0 Å². The lowest BCUT2D eigenvalue weighted by atomic mass is 10.0. The van der Waals surface area contributed by atoms with Crippen LogP contribution in [0, 0.1) is 5.92 Å². The van der Waals surface area contributed by atoms with Gasteiger partial charge in [0.1, 0.15) is 0 Å². The van der Waals surface area contributed by atoms with E-state index in [9.17, 15) is 26.4 Å². The Bertz CT molecular complexity index is 473. The van der Waals surface area contributed by atoms with Gasteiger partial charge in [0.15, 0.2) is 0 Å². The number of halogens is 3. The summed E-state index contributed by atoms with van der Waals surface area (Å²) in [5, 5.41) is 15.6. The quantitative estimate of drug-likeness (QED) is 0.535. The lowest BCUT2D eigenvalue weighted by molar-refractivity contribution is -0.192. The van der Waals surface area contributed by atoms with Gasteiger partial charge in [0.2, 0.25) is 10.0 Å². The molecule has 3 N–H and O–H groups in total. The van der Waals surface area contributed by atoms with E-state index < -0.39 is 28.1 Å². The Morgan fingerprint density at radius 1 is 1.08 bits per heavy atom. The second-order valence-corrected chi connectivity index (χ2v) is 6.92. The fourth-order valence-corrected chi connectivity index (χ4v) is 3.30. The van der Waals surface area contributed by atoms with Crippen molar-refractivity contribution in [3.8, 4) is 0 Å². The predicted molar refractivity (Wildman–Crippen MR) is 81.0 cm³/mol. The number of carboxylic acid groups (broad SMARTS) is 2. The zero-order valence-corrected chi connectivity index (χ0v) is 14.4. The molecule has 0 aromatic rings. The van der Waals surface area contributed by atoms with E-state index in [1.165, 1.54) is 0 Å². The van der Waals surface area contributed by atoms with Crippen LogP contribution in [0.1, 0.15) is 46.0 Å². The molecule has 0 amide bonds. The van der Waals surface area contributed by atoms with Crippen molar-refractivity contribution in [2.24, 2.45) is 5.92 Å². The summed E-state index contributed by atoms with van der Waals surface area (Å²) < 4.78 is 57.4. The third-order valence-electron chi connectivity index (χ3n) is 2.75. The third-order valence-corrected chi connectivity index (χ3v) is 4.31. The average molecular weight is 379 g/mol. The fraction of sp³-hybridized carbons (Fsp3) is 0.846. The summed E-state index contributed by atoms with van der Waals surface area (Å²) in [6.07, 6.45) is -1.53. The highest BCUT2D eigenvalue weighted by atomic mass is 32.2. The van der Waals surface area contributed by atoms with Crippen molar-refractivity contribution in [2.75, 3.05) is 12.3 Å². The first kappa shape index (κ1) is 24.9. The molecule has 0 aromatic carbocycles. The Hall–Kier alpha value is -1.36. The highest BCUT2D eigenvalue weighted by molar-refractivity contribution is 7.89. The number of aliphatic carboxylic acids is 2. The van der Waals surface area contributed by atoms with Crippen LogP contribution < -0.4 is 4.72 Å². The number of hydrogen-bond donors (Lipinski definition) is 3. The van der Waals surface area contributed by atoms with E-state index in [1.807, 2.05) is 13.8 Å². The Kier molecular flexibility index (Phi) is 12.5. The number of hydrogen-bond acceptors (Lipinski definition) is 4. The molecule has 0 radical (unpaired) electrons. The highest BCUT2D eigenvalue weighted by Crippen LogP contribution is 2.15. The minimum absolute atomic E-state index is 0.0252. The SMILES string of the molecule is CCCC(CCC)CS(=O)(=O)NCCC(=O)O.O=C(O)C(F)(F)F. The van der Waals surface area contributed by atoms with Crippen LogP contribution in [0.3, 0.4) is 0 Å². The number of carboxylic acids is 2. The molecule has 0 heterocycles. The van der Waals surface area contributed by atoms with Gasteiger partial charge >= 0.3 is 18.1 Å². The zero-order valence-electron chi connectivity index (χ0n) is 13.6. The van der Waals surface area contributed by atoms with Crippen LogP contribution in [0.15, 0.2) is 0 Å². The van der Waals surface area contributed by atoms with E-state index in [0.717, 1.165) is 25.7 Å². The maximum atomic E-state index is 11.7. The number of rotatable bonds is 10. The first-order chi connectivity index (χ1) is 10.9. The van der Waals surface area contributed by atoms with Gasteiger partial charge in [-0.2, -0.15) is 13.2 Å². The number of nitrogens with one attached hydrogen (secondary N) is 1. The first-order valence-corrected chi connectivity index (χ1v) is 9.00. The van der Waals surface area contributed by atoms with Crippen molar-refractivity contribution in [2.45, 2.75) is 52.1 Å². The van der Waals surface area contributed by atoms with Gasteiger partial charge in [0.05, 0.1) is 12.2 Å². The van der Waals surface area contributed by atoms with Crippen LogP contribution in [-0.2, 0) is 19.6 Å². The zero-order chi connectivity index (χ0) is 19.4. The van der Waals surface area contributed by atoms with Crippen molar-refractivity contribution in [3.63, 3.8) is 0 Å². The van der Waals surface area contributed by atoms with Crippen molar-refractivity contribution in [1.82, 2.24) is 4.72 Å². The average Bonchev–Trinajstić information content (AvgIpc) is 2.37. The molecule has 0 bridgehead atoms. The normalized spacial score (nSPS) is 11.8. The molecular formula is C13H24F3NO6S. The second-order valence-electron chi connectivity index (χ2n) is 5.07. The minimum atomic E-state index is -5.08. The summed E-state index contributed by atoms with van der Waals surface area (Å²) in [6, 6.07) is 0. The summed E-state index contributed by atoms with van der Waals surface area (Å²) in [4.78, 5) is 19.2. The van der Waals surface area contributed by atoms with Gasteiger partial charge in [-0.25, -0.2) is 17.9 Å². The van der Waals surface area contributed by atoms with Gasteiger partial charge in [0, 0.05) is 6.54 Å². The molecule has 0 saturated heterocycles. The molecule has 144 valence electrons. The second kappa shape index (κ2) is 12.1. The molecule has 7 nitrogen and oxygen atoms in total. The van der Waals surface area contributed by atoms with Gasteiger partial charge in [-0.3, -0.25) is 4.79 Å². The molecule has 0 spiro atoms. The van der Waals surface area contributed by atoms with Crippen LogP contribution >= 0.6 is 0 Å². The van der Waals surface area contributed by atoms with Crippen LogP contribution in [0.4, 0.5) is 13.2 Å². The first-order valence-electron chi connectivity index (χ1n) is 7.34. The maximum absolute atomic E-state index is 11.7. The number of alkyl halides is 3. The highest BCUT2D eigenvalue weighted by Gasteiger charge is 2.38. The Balaban J connectivity index is 0. The van der Waals surface area contributed by atoms with E-state index in [0.29, 0.717) is 0 Å². The molecule has 0 unspecified atom stereocenters. The largest absolute Gasteiger partial charge is 0.490 e. The van der Waals surface area contributed by atoms with Gasteiger partial charge in [-0.15, -0.1) is 0 Å². The lowest BCUT2D eigenvalue weighted by Gasteiger charge is -2.15. The van der Waals surface area contributed by atoms with E-state index in [-0.39, 0.29) is 24.6 Å². The Morgan fingerprint density at radius 3 is 1.79 bits per heavy atom. The summed E-state index contributed by atoms with van der Waals surface area (Å²) >= 11 is 0. The van der Waals surface area contributed by atoms with Crippen molar-refractivity contribution >= 4 is 22.0 Å². The molecule has 0 aliphatic rings. The standard InChI is InChI=1S/C11H23NO4S.C2HF3O2/c1-3-5-10(6-4-2)9-17(15,16)12-8-7-11(13)14;3-2(4,5)1(6)7/h10,12H,3-9H2,1-2H3,(H,13,14);(H,6,7). The van der Waals surface area contributed by atoms with Crippen molar-refractivity contribution < 1.29 is 41.4 Å². The number of carbonyl (C=O) groups is 2. The lowest BCUT2D eigenvalue weighted by Crippen LogP contribution is -2.31. The van der Waals surface area contributed by atoms with E-state index in [2.05, 4.69) is 4.72 Å². The fourth-order valence-electron chi connectivity index (χ4n) is 1.81. The summed E-state index contributed by atoms with van der Waals surface area (Å²) in [5.41, 5.74) is 0. The molecular weight excluding hydrogens is 355 g/mol. The monoisotopic (exact) mass is 379 g/mol. The van der Waals surface area contributed by atoms with Gasteiger partial charge in [-0.1, -0.05) is 26.7 Å². The molecule has 11 heteroatoms. The molecule has 0 aliphatic heterocycles. The smallest absolute Gasteiger partial charge is 0.481 e. The summed E-state index contributed by atoms with van der Waals surface area (Å²) in [6.45, 7) is 4.04. The molecule has 0 atom stereocenters. The molecule has 0 saturated carbocycles. The van der Waals surface area contributed by atoms with Gasteiger partial charge in [0.25, 0.3) is 0 Å². The molecule has 0 aliphatic carbocycles. The number of sulfonamides is 1. The van der Waals surface area contributed by atoms with Crippen LogP contribution in [-0.4, -0.2) is 49.0 Å². The third kappa shape index (κ3) is 15.5. The summed E-state index contributed by atoms with van der Waals surface area (Å²) in [5.74, 6) is -3.47. The van der Waals surface area contributed by atoms with Crippen LogP contribution in [0.5, 0.6) is 0 Å². The Labute approximate surface area is 139 Å². The van der Waals surface area contributed by atoms with Gasteiger partial charge in [-0.05, 0) is 18.8 Å². The maximum Gasteiger partial charge on any atom is 0.490 e. The Morgan fingerprint density at radius 2 is 1.50 bits per heavy atom. The molecule has 0 rings (SSSR count). The van der Waals surface area contributed by atoms with Crippen LogP contribution in [0.25, 0.3) is 0 Å². The van der Waals surface area contributed by atoms with Crippen molar-refractivity contribution in [1.29, 1.82) is 0 Å². The molecule has 24 heavy (non-hydrogen) atoms. The van der Waals surface area contributed by atoms with E-state index in [4.69, 9.17) is 15.0 Å². The van der Waals surface area contributed by atoms with E-state index in [1.54, 1.807) is 0 Å².